The second kappa shape index (κ2) is 9.26. The average molecular weight is 438 g/mol. The van der Waals surface area contributed by atoms with Crippen molar-refractivity contribution in [3.8, 4) is 5.75 Å². The van der Waals surface area contributed by atoms with Crippen molar-refractivity contribution < 1.29 is 19.1 Å². The number of ether oxygens (including phenoxy) is 1. The van der Waals surface area contributed by atoms with Crippen molar-refractivity contribution in [2.24, 2.45) is 0 Å². The van der Waals surface area contributed by atoms with E-state index >= 15 is 0 Å². The molecule has 2 aromatic rings. The Morgan fingerprint density at radius 1 is 1.00 bits per heavy atom. The summed E-state index contributed by atoms with van der Waals surface area (Å²) in [5.41, 5.74) is 1.92. The zero-order chi connectivity index (χ0) is 21.8. The first-order valence-electron chi connectivity index (χ1n) is 10.0. The van der Waals surface area contributed by atoms with Crippen molar-refractivity contribution in [1.29, 1.82) is 0 Å². The fourth-order valence-electron chi connectivity index (χ4n) is 3.58. The molecule has 2 aliphatic heterocycles. The Labute approximate surface area is 185 Å². The minimum absolute atomic E-state index is 0.208. The molecule has 2 saturated heterocycles. The highest BCUT2D eigenvalue weighted by Gasteiger charge is 2.37. The topological polar surface area (TPSA) is 70.2 Å². The molecule has 2 heterocycles. The van der Waals surface area contributed by atoms with Crippen molar-refractivity contribution in [1.82, 2.24) is 9.80 Å². The first-order chi connectivity index (χ1) is 15.0. The maximum atomic E-state index is 12.7. The van der Waals surface area contributed by atoms with Gasteiger partial charge >= 0.3 is 0 Å². The predicted octanol–water partition coefficient (Wildman–Crippen LogP) is 3.08. The molecule has 3 amide bonds. The van der Waals surface area contributed by atoms with E-state index in [1.165, 1.54) is 0 Å². The highest BCUT2D eigenvalue weighted by atomic mass is 32.2. The first-order valence-corrected chi connectivity index (χ1v) is 10.8. The van der Waals surface area contributed by atoms with E-state index in [1.54, 1.807) is 30.2 Å². The standard InChI is InChI=1S/C23H23N3O4S/c1-30-19-9-7-17(8-10-19)15-20-22(28)26(23(29)31-20)16-21(27)25-13-11-24(12-14-25)18-5-3-2-4-6-18/h2-10,15H,11-14,16H2,1H3. The molecule has 0 saturated carbocycles. The van der Waals surface area contributed by atoms with Crippen LogP contribution in [0.5, 0.6) is 5.75 Å². The molecule has 31 heavy (non-hydrogen) atoms. The maximum absolute atomic E-state index is 12.7. The molecule has 0 N–H and O–H groups in total. The van der Waals surface area contributed by atoms with Gasteiger partial charge in [-0.25, -0.2) is 0 Å². The summed E-state index contributed by atoms with van der Waals surface area (Å²) in [6.45, 7) is 2.33. The van der Waals surface area contributed by atoms with Crippen LogP contribution in [-0.4, -0.2) is 66.7 Å². The second-order valence-electron chi connectivity index (χ2n) is 7.24. The van der Waals surface area contributed by atoms with Gasteiger partial charge in [-0.3, -0.25) is 19.3 Å². The van der Waals surface area contributed by atoms with E-state index < -0.39 is 11.1 Å². The lowest BCUT2D eigenvalue weighted by atomic mass is 10.2. The normalized spacial score (nSPS) is 18.1. The van der Waals surface area contributed by atoms with Gasteiger partial charge in [-0.15, -0.1) is 0 Å². The molecule has 4 rings (SSSR count). The fraction of sp³-hybridized carbons (Fsp3) is 0.261. The number of rotatable bonds is 5. The number of thioether (sulfide) groups is 1. The number of piperazine rings is 1. The van der Waals surface area contributed by atoms with E-state index in [4.69, 9.17) is 4.74 Å². The Bertz CT molecular complexity index is 999. The third kappa shape index (κ3) is 4.74. The Morgan fingerprint density at radius 3 is 2.32 bits per heavy atom. The molecular weight excluding hydrogens is 414 g/mol. The largest absolute Gasteiger partial charge is 0.497 e. The van der Waals surface area contributed by atoms with Gasteiger partial charge in [0.1, 0.15) is 12.3 Å². The molecule has 7 nitrogen and oxygen atoms in total. The minimum Gasteiger partial charge on any atom is -0.497 e. The van der Waals surface area contributed by atoms with Gasteiger partial charge in [-0.1, -0.05) is 30.3 Å². The van der Waals surface area contributed by atoms with Crippen LogP contribution in [0.4, 0.5) is 10.5 Å². The van der Waals surface area contributed by atoms with Crippen LogP contribution in [0, 0.1) is 0 Å². The number of methoxy groups -OCH3 is 1. The summed E-state index contributed by atoms with van der Waals surface area (Å²) in [4.78, 5) is 43.1. The van der Waals surface area contributed by atoms with E-state index in [0.717, 1.165) is 41.0 Å². The summed E-state index contributed by atoms with van der Waals surface area (Å²) in [5, 5.41) is -0.416. The van der Waals surface area contributed by atoms with Gasteiger partial charge in [-0.2, -0.15) is 0 Å². The van der Waals surface area contributed by atoms with Crippen LogP contribution in [-0.2, 0) is 9.59 Å². The molecule has 8 heteroatoms. The minimum atomic E-state index is -0.429. The number of para-hydroxylation sites is 1. The summed E-state index contributed by atoms with van der Waals surface area (Å²) in [6, 6.07) is 17.2. The highest BCUT2D eigenvalue weighted by molar-refractivity contribution is 8.18. The number of hydrogen-bond donors (Lipinski definition) is 0. The van der Waals surface area contributed by atoms with Crippen molar-refractivity contribution in [2.45, 2.75) is 0 Å². The van der Waals surface area contributed by atoms with E-state index in [0.29, 0.717) is 23.7 Å². The number of carbonyl (C=O) groups is 3. The molecule has 2 fully saturated rings. The van der Waals surface area contributed by atoms with Gasteiger partial charge < -0.3 is 14.5 Å². The molecule has 0 aliphatic carbocycles. The molecule has 0 atom stereocenters. The number of amides is 3. The van der Waals surface area contributed by atoms with E-state index in [9.17, 15) is 14.4 Å². The molecular formula is C23H23N3O4S. The molecule has 2 aliphatic rings. The zero-order valence-electron chi connectivity index (χ0n) is 17.2. The highest BCUT2D eigenvalue weighted by Crippen LogP contribution is 2.32. The van der Waals surface area contributed by atoms with Crippen molar-refractivity contribution >= 4 is 40.6 Å². The molecule has 0 unspecified atom stereocenters. The van der Waals surface area contributed by atoms with Crippen LogP contribution < -0.4 is 9.64 Å². The molecule has 0 aromatic heterocycles. The van der Waals surface area contributed by atoms with E-state index in [1.807, 2.05) is 42.5 Å². The SMILES string of the molecule is COc1ccc(C=C2SC(=O)N(CC(=O)N3CCN(c4ccccc4)CC3)C2=O)cc1. The summed E-state index contributed by atoms with van der Waals surface area (Å²) >= 11 is 0.861. The van der Waals surface area contributed by atoms with Gasteiger partial charge in [0, 0.05) is 31.9 Å². The van der Waals surface area contributed by atoms with Crippen LogP contribution in [0.15, 0.2) is 59.5 Å². The van der Waals surface area contributed by atoms with E-state index in [-0.39, 0.29) is 12.5 Å². The number of imide groups is 1. The Hall–Kier alpha value is -3.26. The number of carbonyl (C=O) groups excluding carboxylic acids is 3. The molecule has 0 bridgehead atoms. The summed E-state index contributed by atoms with van der Waals surface area (Å²) in [5.74, 6) is 0.0750. The Kier molecular flexibility index (Phi) is 6.27. The summed E-state index contributed by atoms with van der Waals surface area (Å²) < 4.78 is 5.13. The lowest BCUT2D eigenvalue weighted by Crippen LogP contribution is -2.51. The van der Waals surface area contributed by atoms with Gasteiger partial charge in [-0.05, 0) is 47.7 Å². The zero-order valence-corrected chi connectivity index (χ0v) is 18.0. The monoisotopic (exact) mass is 437 g/mol. The lowest BCUT2D eigenvalue weighted by molar-refractivity contribution is -0.136. The number of hydrogen-bond acceptors (Lipinski definition) is 6. The Balaban J connectivity index is 1.35. The summed E-state index contributed by atoms with van der Waals surface area (Å²) in [6.07, 6.45) is 1.66. The third-order valence-electron chi connectivity index (χ3n) is 5.33. The van der Waals surface area contributed by atoms with Crippen molar-refractivity contribution in [3.05, 3.63) is 65.1 Å². The molecule has 0 radical (unpaired) electrons. The van der Waals surface area contributed by atoms with Gasteiger partial charge in [0.05, 0.1) is 12.0 Å². The van der Waals surface area contributed by atoms with Gasteiger partial charge in [0.25, 0.3) is 11.1 Å². The second-order valence-corrected chi connectivity index (χ2v) is 8.24. The smallest absolute Gasteiger partial charge is 0.294 e. The number of benzene rings is 2. The Morgan fingerprint density at radius 2 is 1.68 bits per heavy atom. The van der Waals surface area contributed by atoms with Crippen LogP contribution in [0.1, 0.15) is 5.56 Å². The van der Waals surface area contributed by atoms with Crippen LogP contribution >= 0.6 is 11.8 Å². The van der Waals surface area contributed by atoms with Crippen molar-refractivity contribution in [2.75, 3.05) is 44.7 Å². The van der Waals surface area contributed by atoms with Crippen LogP contribution in [0.3, 0.4) is 0 Å². The molecule has 0 spiro atoms. The maximum Gasteiger partial charge on any atom is 0.294 e. The van der Waals surface area contributed by atoms with Crippen LogP contribution in [0.25, 0.3) is 6.08 Å². The van der Waals surface area contributed by atoms with Crippen LogP contribution in [0.2, 0.25) is 0 Å². The molecule has 160 valence electrons. The van der Waals surface area contributed by atoms with Crippen molar-refractivity contribution in [3.63, 3.8) is 0 Å². The number of nitrogens with zero attached hydrogens (tertiary/aromatic N) is 3. The van der Waals surface area contributed by atoms with E-state index in [2.05, 4.69) is 4.90 Å². The fourth-order valence-corrected chi connectivity index (χ4v) is 4.41. The predicted molar refractivity (Wildman–Crippen MR) is 121 cm³/mol. The van der Waals surface area contributed by atoms with Gasteiger partial charge in [0.15, 0.2) is 0 Å². The summed E-state index contributed by atoms with van der Waals surface area (Å²) in [7, 11) is 1.58. The average Bonchev–Trinajstić information content (AvgIpc) is 3.07. The molecule has 2 aromatic carbocycles. The first kappa shape index (κ1) is 21.0. The third-order valence-corrected chi connectivity index (χ3v) is 6.24. The quantitative estimate of drug-likeness (QED) is 0.670. The number of anilines is 1. The van der Waals surface area contributed by atoms with Gasteiger partial charge in [0.2, 0.25) is 5.91 Å². The lowest BCUT2D eigenvalue weighted by Gasteiger charge is -2.36.